The summed E-state index contributed by atoms with van der Waals surface area (Å²) in [5.41, 5.74) is 0. The van der Waals surface area contributed by atoms with Gasteiger partial charge in [0.1, 0.15) is 13.2 Å². The summed E-state index contributed by atoms with van der Waals surface area (Å²) >= 11 is 0. The van der Waals surface area contributed by atoms with Gasteiger partial charge in [0, 0.05) is 19.3 Å². The zero-order valence-electron chi connectivity index (χ0n) is 46.9. The van der Waals surface area contributed by atoms with Crippen LogP contribution in [0.4, 0.5) is 0 Å². The van der Waals surface area contributed by atoms with E-state index in [4.69, 9.17) is 14.2 Å². The Hall–Kier alpha value is -1.85. The minimum atomic E-state index is -0.767. The predicted molar refractivity (Wildman–Crippen MR) is 298 cm³/mol. The molecular formula is C63H120O6. The first-order valence-electron chi connectivity index (χ1n) is 31.2. The molecule has 1 atom stereocenters. The summed E-state index contributed by atoms with van der Waals surface area (Å²) in [6.45, 7) is 6.62. The van der Waals surface area contributed by atoms with Gasteiger partial charge in [-0.1, -0.05) is 303 Å². The van der Waals surface area contributed by atoms with Crippen molar-refractivity contribution < 1.29 is 28.6 Å². The second-order valence-corrected chi connectivity index (χ2v) is 21.3. The standard InChI is InChI=1S/C63H120O6/c1-4-7-10-13-16-18-20-22-23-24-25-26-27-28-29-30-31-32-33-34-35-36-37-38-39-40-41-43-44-47-50-53-56-62(65)68-59-60(58-67-61(64)55-52-49-46-15-12-9-6-3)69-63(66)57-54-51-48-45-42-21-19-17-14-11-8-5-2/h17,19,60H,4-16,18,20-59H2,1-3H3/b19-17-. The maximum atomic E-state index is 12.8. The number of unbranched alkanes of at least 4 members (excludes halogenated alkanes) is 45. The zero-order chi connectivity index (χ0) is 50.0. The summed E-state index contributed by atoms with van der Waals surface area (Å²) in [7, 11) is 0. The van der Waals surface area contributed by atoms with Gasteiger partial charge in [-0.15, -0.1) is 0 Å². The van der Waals surface area contributed by atoms with Crippen LogP contribution in [0, 0.1) is 0 Å². The van der Waals surface area contributed by atoms with Crippen LogP contribution in [0.2, 0.25) is 0 Å². The van der Waals surface area contributed by atoms with Crippen molar-refractivity contribution in [3.05, 3.63) is 12.2 Å². The van der Waals surface area contributed by atoms with Crippen LogP contribution in [0.15, 0.2) is 12.2 Å². The van der Waals surface area contributed by atoms with E-state index in [9.17, 15) is 14.4 Å². The van der Waals surface area contributed by atoms with Crippen LogP contribution >= 0.6 is 0 Å². The third-order valence-corrected chi connectivity index (χ3v) is 14.3. The molecule has 0 spiro atoms. The molecule has 408 valence electrons. The fourth-order valence-corrected chi connectivity index (χ4v) is 9.56. The average Bonchev–Trinajstić information content (AvgIpc) is 3.35. The van der Waals surface area contributed by atoms with E-state index < -0.39 is 6.10 Å². The third kappa shape index (κ3) is 56.9. The minimum Gasteiger partial charge on any atom is -0.462 e. The van der Waals surface area contributed by atoms with Crippen molar-refractivity contribution in [2.24, 2.45) is 0 Å². The van der Waals surface area contributed by atoms with Crippen molar-refractivity contribution in [2.45, 2.75) is 361 Å². The number of hydrogen-bond donors (Lipinski definition) is 0. The van der Waals surface area contributed by atoms with Gasteiger partial charge in [0.25, 0.3) is 0 Å². The topological polar surface area (TPSA) is 78.9 Å². The lowest BCUT2D eigenvalue weighted by molar-refractivity contribution is -0.167. The number of allylic oxidation sites excluding steroid dienone is 2. The van der Waals surface area contributed by atoms with E-state index in [2.05, 4.69) is 32.9 Å². The Morgan fingerprint density at radius 2 is 0.478 bits per heavy atom. The second-order valence-electron chi connectivity index (χ2n) is 21.3. The fourth-order valence-electron chi connectivity index (χ4n) is 9.56. The van der Waals surface area contributed by atoms with Crippen LogP contribution in [0.1, 0.15) is 355 Å². The summed E-state index contributed by atoms with van der Waals surface area (Å²) in [5, 5.41) is 0. The van der Waals surface area contributed by atoms with Gasteiger partial charge >= 0.3 is 17.9 Å². The molecule has 0 saturated heterocycles. The van der Waals surface area contributed by atoms with E-state index in [1.54, 1.807) is 0 Å². The summed E-state index contributed by atoms with van der Waals surface area (Å²) in [5.74, 6) is -0.865. The fraction of sp³-hybridized carbons (Fsp3) is 0.921. The molecule has 0 N–H and O–H groups in total. The molecule has 0 aromatic carbocycles. The summed E-state index contributed by atoms with van der Waals surface area (Å²) in [6, 6.07) is 0. The maximum Gasteiger partial charge on any atom is 0.306 e. The molecule has 0 aliphatic carbocycles. The second kappa shape index (κ2) is 58.7. The first-order chi connectivity index (χ1) is 34.0. The van der Waals surface area contributed by atoms with E-state index in [0.29, 0.717) is 19.3 Å². The zero-order valence-corrected chi connectivity index (χ0v) is 46.9. The lowest BCUT2D eigenvalue weighted by Gasteiger charge is -2.18. The number of ether oxygens (including phenoxy) is 3. The van der Waals surface area contributed by atoms with Crippen LogP contribution in [0.5, 0.6) is 0 Å². The van der Waals surface area contributed by atoms with E-state index in [1.165, 1.54) is 250 Å². The molecule has 1 unspecified atom stereocenters. The molecule has 0 radical (unpaired) electrons. The van der Waals surface area contributed by atoms with Crippen LogP contribution in [-0.4, -0.2) is 37.2 Å². The highest BCUT2D eigenvalue weighted by atomic mass is 16.6. The monoisotopic (exact) mass is 973 g/mol. The molecule has 0 aliphatic rings. The highest BCUT2D eigenvalue weighted by molar-refractivity contribution is 5.71. The van der Waals surface area contributed by atoms with E-state index in [1.807, 2.05) is 0 Å². The Labute approximate surface area is 431 Å². The van der Waals surface area contributed by atoms with Gasteiger partial charge in [-0.3, -0.25) is 14.4 Å². The molecule has 0 aliphatic heterocycles. The van der Waals surface area contributed by atoms with Crippen molar-refractivity contribution >= 4 is 17.9 Å². The molecule has 0 bridgehead atoms. The molecule has 6 nitrogen and oxygen atoms in total. The number of hydrogen-bond acceptors (Lipinski definition) is 6. The molecule has 0 rings (SSSR count). The molecule has 0 amide bonds. The summed E-state index contributed by atoms with van der Waals surface area (Å²) < 4.78 is 16.8. The molecule has 0 aromatic heterocycles. The van der Waals surface area contributed by atoms with Crippen molar-refractivity contribution in [3.63, 3.8) is 0 Å². The SMILES string of the molecule is CCCCC/C=C\CCCCCCCC(=O)OC(COC(=O)CCCCCCCCC)COC(=O)CCCCCCCCCCCCCCCCCCCCCCCCCCCCCCCCCC. The molecule has 0 fully saturated rings. The quantitative estimate of drug-likeness (QED) is 0.0261. The Balaban J connectivity index is 3.89. The largest absolute Gasteiger partial charge is 0.462 e. The van der Waals surface area contributed by atoms with Gasteiger partial charge in [0.05, 0.1) is 0 Å². The summed E-state index contributed by atoms with van der Waals surface area (Å²) in [6.07, 6.45) is 68.4. The lowest BCUT2D eigenvalue weighted by Crippen LogP contribution is -2.30. The number of rotatable bonds is 58. The normalized spacial score (nSPS) is 12.0. The molecule has 0 aromatic rings. The number of carbonyl (C=O) groups excluding carboxylic acids is 3. The van der Waals surface area contributed by atoms with Crippen molar-refractivity contribution in [3.8, 4) is 0 Å². The van der Waals surface area contributed by atoms with Crippen molar-refractivity contribution in [1.82, 2.24) is 0 Å². The number of esters is 3. The Bertz CT molecular complexity index is 1070. The van der Waals surface area contributed by atoms with Crippen LogP contribution in [0.25, 0.3) is 0 Å². The third-order valence-electron chi connectivity index (χ3n) is 14.3. The molecule has 6 heteroatoms. The Morgan fingerprint density at radius 3 is 0.754 bits per heavy atom. The maximum absolute atomic E-state index is 12.8. The van der Waals surface area contributed by atoms with Gasteiger partial charge in [0.15, 0.2) is 6.10 Å². The van der Waals surface area contributed by atoms with Gasteiger partial charge in [-0.05, 0) is 44.9 Å². The van der Waals surface area contributed by atoms with Crippen molar-refractivity contribution in [1.29, 1.82) is 0 Å². The predicted octanol–water partition coefficient (Wildman–Crippen LogP) is 20.9. The first-order valence-corrected chi connectivity index (χ1v) is 31.2. The Kier molecular flexibility index (Phi) is 57.1. The van der Waals surface area contributed by atoms with Crippen LogP contribution in [-0.2, 0) is 28.6 Å². The number of carbonyl (C=O) groups is 3. The van der Waals surface area contributed by atoms with Gasteiger partial charge in [0.2, 0.25) is 0 Å². The van der Waals surface area contributed by atoms with Gasteiger partial charge < -0.3 is 14.2 Å². The van der Waals surface area contributed by atoms with Gasteiger partial charge in [-0.2, -0.15) is 0 Å². The van der Waals surface area contributed by atoms with Crippen LogP contribution in [0.3, 0.4) is 0 Å². The molecule has 0 heterocycles. The smallest absolute Gasteiger partial charge is 0.306 e. The molecule has 69 heavy (non-hydrogen) atoms. The average molecular weight is 974 g/mol. The van der Waals surface area contributed by atoms with E-state index in [-0.39, 0.29) is 31.1 Å². The van der Waals surface area contributed by atoms with Crippen LogP contribution < -0.4 is 0 Å². The van der Waals surface area contributed by atoms with Gasteiger partial charge in [-0.25, -0.2) is 0 Å². The van der Waals surface area contributed by atoms with Crippen molar-refractivity contribution in [2.75, 3.05) is 13.2 Å². The molecule has 0 saturated carbocycles. The lowest BCUT2D eigenvalue weighted by atomic mass is 10.0. The van der Waals surface area contributed by atoms with E-state index >= 15 is 0 Å². The highest BCUT2D eigenvalue weighted by Gasteiger charge is 2.19. The minimum absolute atomic E-state index is 0.0686. The first kappa shape index (κ1) is 67.1. The highest BCUT2D eigenvalue weighted by Crippen LogP contribution is 2.18. The summed E-state index contributed by atoms with van der Waals surface area (Å²) in [4.78, 5) is 37.9. The molecular weight excluding hydrogens is 853 g/mol. The van der Waals surface area contributed by atoms with E-state index in [0.717, 1.165) is 64.2 Å². The Morgan fingerprint density at radius 1 is 0.275 bits per heavy atom.